The van der Waals surface area contributed by atoms with Crippen LogP contribution in [-0.4, -0.2) is 55.0 Å². The number of nitrogens with zero attached hydrogens (tertiary/aromatic N) is 2. The van der Waals surface area contributed by atoms with E-state index in [1.165, 1.54) is 12.1 Å². The summed E-state index contributed by atoms with van der Waals surface area (Å²) in [5.41, 5.74) is 0.784. The first-order valence-corrected chi connectivity index (χ1v) is 9.69. The molecular weight excluding hydrogens is 407 g/mol. The number of benzene rings is 1. The van der Waals surface area contributed by atoms with Gasteiger partial charge in [0.15, 0.2) is 0 Å². The standard InChI is InChI=1S/C20H27F2N3O.2ClH/c1-14(16-3-2-15(21)12-18(16)22)24-8-10-25(11-9-24)19(26)17-13-20(17)4-6-23-7-5-20;;/h2-3,12,14,17,23H,4-11,13H2,1H3;2*1H. The molecule has 0 bridgehead atoms. The van der Waals surface area contributed by atoms with Crippen LogP contribution in [0.25, 0.3) is 0 Å². The second-order valence-corrected chi connectivity index (χ2v) is 8.07. The van der Waals surface area contributed by atoms with E-state index in [1.54, 1.807) is 0 Å². The van der Waals surface area contributed by atoms with Gasteiger partial charge in [-0.25, -0.2) is 8.78 Å². The summed E-state index contributed by atoms with van der Waals surface area (Å²) in [5, 5.41) is 3.38. The van der Waals surface area contributed by atoms with E-state index in [2.05, 4.69) is 10.2 Å². The Morgan fingerprint density at radius 1 is 1.14 bits per heavy atom. The first-order valence-electron chi connectivity index (χ1n) is 9.69. The summed E-state index contributed by atoms with van der Waals surface area (Å²) in [6.45, 7) is 6.83. The molecule has 2 atom stereocenters. The van der Waals surface area contributed by atoms with Gasteiger partial charge < -0.3 is 10.2 Å². The van der Waals surface area contributed by atoms with Crippen LogP contribution >= 0.6 is 24.8 Å². The normalized spacial score (nSPS) is 24.8. The van der Waals surface area contributed by atoms with Crippen LogP contribution in [0.4, 0.5) is 8.78 Å². The van der Waals surface area contributed by atoms with Crippen molar-refractivity contribution in [2.75, 3.05) is 39.3 Å². The Kier molecular flexibility index (Phi) is 7.70. The fourth-order valence-electron chi connectivity index (χ4n) is 4.76. The molecule has 4 rings (SSSR count). The summed E-state index contributed by atoms with van der Waals surface area (Å²) in [5.74, 6) is -0.526. The van der Waals surface area contributed by atoms with Gasteiger partial charge in [0, 0.05) is 49.8 Å². The van der Waals surface area contributed by atoms with Crippen molar-refractivity contribution < 1.29 is 13.6 Å². The lowest BCUT2D eigenvalue weighted by atomic mass is 9.91. The number of piperazine rings is 1. The van der Waals surface area contributed by atoms with Gasteiger partial charge in [0.2, 0.25) is 5.91 Å². The van der Waals surface area contributed by atoms with Crippen molar-refractivity contribution in [2.24, 2.45) is 11.3 Å². The number of nitrogens with one attached hydrogen (secondary N) is 1. The fourth-order valence-corrected chi connectivity index (χ4v) is 4.76. The first kappa shape index (κ1) is 23.3. The van der Waals surface area contributed by atoms with Crippen molar-refractivity contribution in [1.82, 2.24) is 15.1 Å². The highest BCUT2D eigenvalue weighted by Crippen LogP contribution is 2.59. The van der Waals surface area contributed by atoms with E-state index in [0.29, 0.717) is 24.6 Å². The lowest BCUT2D eigenvalue weighted by Gasteiger charge is -2.38. The Hall–Kier alpha value is -0.950. The summed E-state index contributed by atoms with van der Waals surface area (Å²) in [4.78, 5) is 17.0. The van der Waals surface area contributed by atoms with E-state index >= 15 is 0 Å². The maximum absolute atomic E-state index is 14.0. The van der Waals surface area contributed by atoms with E-state index in [4.69, 9.17) is 0 Å². The minimum atomic E-state index is -0.551. The van der Waals surface area contributed by atoms with Crippen molar-refractivity contribution >= 4 is 30.7 Å². The number of amides is 1. The molecule has 1 spiro atoms. The zero-order chi connectivity index (χ0) is 18.3. The Balaban J connectivity index is 0.00000140. The molecule has 0 aromatic heterocycles. The molecule has 2 aliphatic heterocycles. The molecule has 1 amide bonds. The zero-order valence-electron chi connectivity index (χ0n) is 16.1. The predicted molar refractivity (Wildman–Crippen MR) is 110 cm³/mol. The molecule has 4 nitrogen and oxygen atoms in total. The largest absolute Gasteiger partial charge is 0.340 e. The average molecular weight is 436 g/mol. The highest BCUT2D eigenvalue weighted by atomic mass is 35.5. The molecule has 0 radical (unpaired) electrons. The monoisotopic (exact) mass is 435 g/mol. The van der Waals surface area contributed by atoms with Gasteiger partial charge in [-0.05, 0) is 50.8 Å². The summed E-state index contributed by atoms with van der Waals surface area (Å²) in [7, 11) is 0. The van der Waals surface area contributed by atoms with Gasteiger partial charge in [-0.1, -0.05) is 6.07 Å². The molecule has 1 N–H and O–H groups in total. The van der Waals surface area contributed by atoms with Crippen molar-refractivity contribution in [3.05, 3.63) is 35.4 Å². The Labute approximate surface area is 177 Å². The second kappa shape index (κ2) is 9.24. The van der Waals surface area contributed by atoms with E-state index in [9.17, 15) is 13.6 Å². The first-order chi connectivity index (χ1) is 12.5. The molecule has 3 fully saturated rings. The molecule has 1 aliphatic carbocycles. The van der Waals surface area contributed by atoms with Gasteiger partial charge in [-0.2, -0.15) is 0 Å². The quantitative estimate of drug-likeness (QED) is 0.789. The van der Waals surface area contributed by atoms with Crippen LogP contribution in [0, 0.1) is 23.0 Å². The smallest absolute Gasteiger partial charge is 0.226 e. The van der Waals surface area contributed by atoms with Crippen LogP contribution in [0.2, 0.25) is 0 Å². The number of carbonyl (C=O) groups is 1. The number of piperidine rings is 1. The number of rotatable bonds is 3. The fraction of sp³-hybridized carbons (Fsp3) is 0.650. The number of hydrogen-bond acceptors (Lipinski definition) is 3. The van der Waals surface area contributed by atoms with Crippen LogP contribution < -0.4 is 5.32 Å². The summed E-state index contributed by atoms with van der Waals surface area (Å²) >= 11 is 0. The molecular formula is C20H29Cl2F2N3O. The third-order valence-electron chi connectivity index (χ3n) is 6.67. The van der Waals surface area contributed by atoms with E-state index < -0.39 is 11.6 Å². The van der Waals surface area contributed by atoms with Gasteiger partial charge in [0.05, 0.1) is 0 Å². The second-order valence-electron chi connectivity index (χ2n) is 8.07. The van der Waals surface area contributed by atoms with Crippen LogP contribution in [0.5, 0.6) is 0 Å². The highest BCUT2D eigenvalue weighted by Gasteiger charge is 2.58. The highest BCUT2D eigenvalue weighted by molar-refractivity contribution is 5.85. The third kappa shape index (κ3) is 4.45. The number of halogens is 4. The molecule has 2 heterocycles. The Bertz CT molecular complexity index is 692. The minimum Gasteiger partial charge on any atom is -0.340 e. The number of hydrogen-bond donors (Lipinski definition) is 1. The number of carbonyl (C=O) groups excluding carboxylic acids is 1. The SMILES string of the molecule is CC(c1ccc(F)cc1F)N1CCN(C(=O)C2CC23CCNCC3)CC1.Cl.Cl. The molecule has 2 unspecified atom stereocenters. The average Bonchev–Trinajstić information content (AvgIpc) is 3.34. The summed E-state index contributed by atoms with van der Waals surface area (Å²) < 4.78 is 27.2. The Morgan fingerprint density at radius 2 is 1.79 bits per heavy atom. The molecule has 3 aliphatic rings. The van der Waals surface area contributed by atoms with Crippen LogP contribution in [0.15, 0.2) is 18.2 Å². The predicted octanol–water partition coefficient (Wildman–Crippen LogP) is 3.40. The van der Waals surface area contributed by atoms with Gasteiger partial charge in [-0.15, -0.1) is 24.8 Å². The minimum absolute atomic E-state index is 0. The molecule has 1 aromatic carbocycles. The summed E-state index contributed by atoms with van der Waals surface area (Å²) in [6, 6.07) is 3.65. The molecule has 8 heteroatoms. The van der Waals surface area contributed by atoms with Gasteiger partial charge in [0.1, 0.15) is 11.6 Å². The topological polar surface area (TPSA) is 35.6 Å². The molecule has 1 aromatic rings. The van der Waals surface area contributed by atoms with Gasteiger partial charge in [-0.3, -0.25) is 9.69 Å². The lowest BCUT2D eigenvalue weighted by molar-refractivity contribution is -0.135. The molecule has 2 saturated heterocycles. The van der Waals surface area contributed by atoms with Crippen molar-refractivity contribution in [3.63, 3.8) is 0 Å². The lowest BCUT2D eigenvalue weighted by Crippen LogP contribution is -2.50. The Morgan fingerprint density at radius 3 is 2.39 bits per heavy atom. The molecule has 28 heavy (non-hydrogen) atoms. The van der Waals surface area contributed by atoms with Gasteiger partial charge in [0.25, 0.3) is 0 Å². The molecule has 158 valence electrons. The molecule has 1 saturated carbocycles. The van der Waals surface area contributed by atoms with E-state index in [1.807, 2.05) is 11.8 Å². The third-order valence-corrected chi connectivity index (χ3v) is 6.67. The van der Waals surface area contributed by atoms with Crippen LogP contribution in [0.3, 0.4) is 0 Å². The van der Waals surface area contributed by atoms with E-state index in [0.717, 1.165) is 51.5 Å². The maximum atomic E-state index is 14.0. The maximum Gasteiger partial charge on any atom is 0.226 e. The van der Waals surface area contributed by atoms with Gasteiger partial charge >= 0.3 is 0 Å². The van der Waals surface area contributed by atoms with E-state index in [-0.39, 0.29) is 42.2 Å². The summed E-state index contributed by atoms with van der Waals surface area (Å²) in [6.07, 6.45) is 3.28. The van der Waals surface area contributed by atoms with Crippen LogP contribution in [-0.2, 0) is 4.79 Å². The van der Waals surface area contributed by atoms with Crippen molar-refractivity contribution in [2.45, 2.75) is 32.2 Å². The zero-order valence-corrected chi connectivity index (χ0v) is 17.8. The van der Waals surface area contributed by atoms with Crippen molar-refractivity contribution in [3.8, 4) is 0 Å². The van der Waals surface area contributed by atoms with Crippen molar-refractivity contribution in [1.29, 1.82) is 0 Å². The van der Waals surface area contributed by atoms with Crippen LogP contribution in [0.1, 0.15) is 37.8 Å².